The largest absolute Gasteiger partial charge is 0.435 e. The molecule has 9 heteroatoms. The third-order valence-corrected chi connectivity index (χ3v) is 6.05. The molecule has 0 bridgehead atoms. The molecule has 0 radical (unpaired) electrons. The molecule has 2 aliphatic rings. The van der Waals surface area contributed by atoms with E-state index in [1.54, 1.807) is 0 Å². The Labute approximate surface area is 171 Å². The predicted octanol–water partition coefficient (Wildman–Crippen LogP) is 4.74. The Morgan fingerprint density at radius 1 is 1.07 bits per heavy atom. The number of nitrogens with zero attached hydrogens (tertiary/aromatic N) is 4. The van der Waals surface area contributed by atoms with Gasteiger partial charge in [0.25, 0.3) is 0 Å². The van der Waals surface area contributed by atoms with Crippen LogP contribution in [0, 0.1) is 0 Å². The summed E-state index contributed by atoms with van der Waals surface area (Å²) in [6.45, 7) is 2.15. The molecule has 1 aliphatic carbocycles. The number of rotatable bonds is 3. The van der Waals surface area contributed by atoms with Gasteiger partial charge >= 0.3 is 6.18 Å². The molecule has 1 fully saturated rings. The maximum atomic E-state index is 13.2. The fourth-order valence-electron chi connectivity index (χ4n) is 4.43. The Kier molecular flexibility index (Phi) is 4.75. The Bertz CT molecular complexity index is 1020. The zero-order chi connectivity index (χ0) is 20.7. The van der Waals surface area contributed by atoms with Gasteiger partial charge in [-0.15, -0.1) is 0 Å². The molecular weight excluding hydrogens is 395 g/mol. The second kappa shape index (κ2) is 7.45. The van der Waals surface area contributed by atoms with Crippen LogP contribution in [0.2, 0.25) is 0 Å². The van der Waals surface area contributed by atoms with Gasteiger partial charge in [0.05, 0.1) is 0 Å². The van der Waals surface area contributed by atoms with E-state index in [1.807, 2.05) is 12.1 Å². The maximum absolute atomic E-state index is 13.2. The number of hydrogen-bond donors (Lipinski definition) is 1. The van der Waals surface area contributed by atoms with Crippen LogP contribution in [0.25, 0.3) is 11.4 Å². The van der Waals surface area contributed by atoms with Gasteiger partial charge in [0.1, 0.15) is 0 Å². The van der Waals surface area contributed by atoms with Crippen LogP contribution in [-0.4, -0.2) is 33.4 Å². The van der Waals surface area contributed by atoms with Crippen LogP contribution in [0.5, 0.6) is 0 Å². The SMILES string of the molecule is FC(F)(F)c1n[nH]c2c1CC(c1nc(-c3ccc(N4CCCCC4)cc3)no1)CC2. The van der Waals surface area contributed by atoms with Crippen molar-refractivity contribution in [3.05, 3.63) is 47.1 Å². The number of aromatic amines is 1. The van der Waals surface area contributed by atoms with Crippen LogP contribution in [0.1, 0.15) is 54.4 Å². The third-order valence-electron chi connectivity index (χ3n) is 6.05. The molecule has 1 atom stereocenters. The lowest BCUT2D eigenvalue weighted by molar-refractivity contribution is -0.141. The minimum atomic E-state index is -4.47. The summed E-state index contributed by atoms with van der Waals surface area (Å²) in [5.41, 5.74) is 1.94. The first-order chi connectivity index (χ1) is 14.5. The van der Waals surface area contributed by atoms with Gasteiger partial charge in [-0.1, -0.05) is 5.16 Å². The number of aryl methyl sites for hydroxylation is 1. The highest BCUT2D eigenvalue weighted by molar-refractivity contribution is 5.60. The summed E-state index contributed by atoms with van der Waals surface area (Å²) < 4.78 is 45.0. The molecule has 0 saturated carbocycles. The van der Waals surface area contributed by atoms with Crippen LogP contribution in [-0.2, 0) is 19.0 Å². The normalized spacial score (nSPS) is 19.7. The van der Waals surface area contributed by atoms with Crippen molar-refractivity contribution in [2.24, 2.45) is 0 Å². The van der Waals surface area contributed by atoms with Crippen molar-refractivity contribution >= 4 is 5.69 Å². The molecule has 3 aromatic rings. The van der Waals surface area contributed by atoms with E-state index in [-0.39, 0.29) is 17.9 Å². The topological polar surface area (TPSA) is 70.8 Å². The highest BCUT2D eigenvalue weighted by Gasteiger charge is 2.40. The average Bonchev–Trinajstić information content (AvgIpc) is 3.41. The summed E-state index contributed by atoms with van der Waals surface area (Å²) in [7, 11) is 0. The summed E-state index contributed by atoms with van der Waals surface area (Å²) in [5, 5.41) is 10.1. The number of benzene rings is 1. The number of halogens is 3. The molecule has 0 spiro atoms. The number of nitrogens with one attached hydrogen (secondary N) is 1. The Hall–Kier alpha value is -2.84. The fourth-order valence-corrected chi connectivity index (χ4v) is 4.43. The highest BCUT2D eigenvalue weighted by Crippen LogP contribution is 2.39. The van der Waals surface area contributed by atoms with E-state index in [2.05, 4.69) is 37.4 Å². The summed E-state index contributed by atoms with van der Waals surface area (Å²) in [6.07, 6.45) is 0.551. The first-order valence-corrected chi connectivity index (χ1v) is 10.3. The zero-order valence-electron chi connectivity index (χ0n) is 16.4. The second-order valence-corrected chi connectivity index (χ2v) is 8.02. The molecule has 158 valence electrons. The zero-order valence-corrected chi connectivity index (χ0v) is 16.4. The van der Waals surface area contributed by atoms with E-state index in [9.17, 15) is 13.2 Å². The molecule has 1 N–H and O–H groups in total. The molecule has 30 heavy (non-hydrogen) atoms. The van der Waals surface area contributed by atoms with E-state index in [1.165, 1.54) is 24.9 Å². The molecule has 1 unspecified atom stereocenters. The van der Waals surface area contributed by atoms with Crippen LogP contribution in [0.15, 0.2) is 28.8 Å². The Morgan fingerprint density at radius 3 is 2.57 bits per heavy atom. The van der Waals surface area contributed by atoms with Crippen LogP contribution in [0.4, 0.5) is 18.9 Å². The highest BCUT2D eigenvalue weighted by atomic mass is 19.4. The number of anilines is 1. The number of piperidine rings is 1. The fraction of sp³-hybridized carbons (Fsp3) is 0.476. The molecule has 2 aromatic heterocycles. The minimum Gasteiger partial charge on any atom is -0.372 e. The lowest BCUT2D eigenvalue weighted by Gasteiger charge is -2.28. The van der Waals surface area contributed by atoms with Gasteiger partial charge in [-0.2, -0.15) is 23.3 Å². The first kappa shape index (κ1) is 19.1. The first-order valence-electron chi connectivity index (χ1n) is 10.3. The van der Waals surface area contributed by atoms with Gasteiger partial charge in [0.15, 0.2) is 5.69 Å². The standard InChI is InChI=1S/C21H22F3N5O/c22-21(23,24)18-16-12-14(6-9-17(16)26-27-18)20-25-19(28-30-20)13-4-7-15(8-5-13)29-10-2-1-3-11-29/h4-5,7-8,14H,1-3,6,9-12H2,(H,26,27). The van der Waals surface area contributed by atoms with Crippen molar-refractivity contribution in [2.45, 2.75) is 50.6 Å². The average molecular weight is 417 g/mol. The summed E-state index contributed by atoms with van der Waals surface area (Å²) in [4.78, 5) is 6.86. The molecule has 1 saturated heterocycles. The van der Waals surface area contributed by atoms with Crippen molar-refractivity contribution in [1.82, 2.24) is 20.3 Å². The molecule has 3 heterocycles. The molecule has 0 amide bonds. The van der Waals surface area contributed by atoms with E-state index in [0.29, 0.717) is 30.3 Å². The molecule has 1 aromatic carbocycles. The van der Waals surface area contributed by atoms with Gasteiger partial charge < -0.3 is 9.42 Å². The van der Waals surface area contributed by atoms with E-state index >= 15 is 0 Å². The third kappa shape index (κ3) is 3.57. The monoisotopic (exact) mass is 417 g/mol. The van der Waals surface area contributed by atoms with Gasteiger partial charge in [-0.05, 0) is 62.8 Å². The van der Waals surface area contributed by atoms with Crippen LogP contribution in [0.3, 0.4) is 0 Å². The summed E-state index contributed by atoms with van der Waals surface area (Å²) in [6, 6.07) is 8.06. The Morgan fingerprint density at radius 2 is 1.83 bits per heavy atom. The number of aromatic nitrogens is 4. The summed E-state index contributed by atoms with van der Waals surface area (Å²) in [5.74, 6) is 0.597. The molecule has 6 nitrogen and oxygen atoms in total. The smallest absolute Gasteiger partial charge is 0.372 e. The number of H-pyrrole nitrogens is 1. The number of fused-ring (bicyclic) bond motifs is 1. The van der Waals surface area contributed by atoms with Gasteiger partial charge in [-0.3, -0.25) is 5.10 Å². The quantitative estimate of drug-likeness (QED) is 0.667. The van der Waals surface area contributed by atoms with Crippen LogP contribution < -0.4 is 4.90 Å². The van der Waals surface area contributed by atoms with Crippen LogP contribution >= 0.6 is 0 Å². The van der Waals surface area contributed by atoms with Crippen molar-refractivity contribution in [3.63, 3.8) is 0 Å². The van der Waals surface area contributed by atoms with Gasteiger partial charge in [0.2, 0.25) is 11.7 Å². The lowest BCUT2D eigenvalue weighted by atomic mass is 9.86. The number of hydrogen-bond acceptors (Lipinski definition) is 5. The number of alkyl halides is 3. The maximum Gasteiger partial charge on any atom is 0.435 e. The van der Waals surface area contributed by atoms with Crippen molar-refractivity contribution < 1.29 is 17.7 Å². The summed E-state index contributed by atoms with van der Waals surface area (Å²) >= 11 is 0. The van der Waals surface area contributed by atoms with E-state index in [0.717, 1.165) is 18.7 Å². The molecular formula is C21H22F3N5O. The van der Waals surface area contributed by atoms with Crippen molar-refractivity contribution in [3.8, 4) is 11.4 Å². The minimum absolute atomic E-state index is 0.191. The van der Waals surface area contributed by atoms with Gasteiger partial charge in [-0.25, -0.2) is 0 Å². The second-order valence-electron chi connectivity index (χ2n) is 8.02. The Balaban J connectivity index is 1.33. The van der Waals surface area contributed by atoms with Crippen molar-refractivity contribution in [2.75, 3.05) is 18.0 Å². The lowest BCUT2D eigenvalue weighted by Crippen LogP contribution is -2.29. The van der Waals surface area contributed by atoms with E-state index < -0.39 is 11.9 Å². The van der Waals surface area contributed by atoms with Crippen molar-refractivity contribution in [1.29, 1.82) is 0 Å². The molecule has 1 aliphatic heterocycles. The van der Waals surface area contributed by atoms with E-state index in [4.69, 9.17) is 4.52 Å². The predicted molar refractivity (Wildman–Crippen MR) is 104 cm³/mol. The van der Waals surface area contributed by atoms with Gasteiger partial charge in [0, 0.05) is 41.5 Å². The molecule has 5 rings (SSSR count).